The minimum Gasteiger partial charge on any atom is -0.299 e. The highest BCUT2D eigenvalue weighted by atomic mass is 16.1. The van der Waals surface area contributed by atoms with Gasteiger partial charge in [-0.05, 0) is 43.4 Å². The Hall–Kier alpha value is -0.330. The smallest absolute Gasteiger partial charge is 0.139 e. The quantitative estimate of drug-likeness (QED) is 0.696. The second-order valence-electron chi connectivity index (χ2n) is 6.20. The van der Waals surface area contributed by atoms with Gasteiger partial charge in [-0.3, -0.25) is 4.79 Å². The van der Waals surface area contributed by atoms with E-state index in [0.717, 1.165) is 5.92 Å². The summed E-state index contributed by atoms with van der Waals surface area (Å²) in [5, 5.41) is 0. The molecule has 0 radical (unpaired) electrons. The Labute approximate surface area is 100.0 Å². The maximum Gasteiger partial charge on any atom is 0.139 e. The van der Waals surface area contributed by atoms with Gasteiger partial charge in [0.1, 0.15) is 5.78 Å². The largest absolute Gasteiger partial charge is 0.299 e. The molecule has 0 spiro atoms. The summed E-state index contributed by atoms with van der Waals surface area (Å²) in [6, 6.07) is 0. The highest BCUT2D eigenvalue weighted by Gasteiger charge is 2.56. The maximum atomic E-state index is 12.4. The first-order valence-corrected chi connectivity index (χ1v) is 7.16. The van der Waals surface area contributed by atoms with Gasteiger partial charge in [0.2, 0.25) is 0 Å². The molecule has 92 valence electrons. The molecule has 0 bridgehead atoms. The summed E-state index contributed by atoms with van der Waals surface area (Å²) in [6.07, 6.45) is 8.52. The molecule has 16 heavy (non-hydrogen) atoms. The number of carbonyl (C=O) groups is 1. The van der Waals surface area contributed by atoms with E-state index in [1.54, 1.807) is 0 Å². The first kappa shape index (κ1) is 12.1. The van der Waals surface area contributed by atoms with Crippen molar-refractivity contribution in [2.45, 2.75) is 65.7 Å². The van der Waals surface area contributed by atoms with Crippen LogP contribution < -0.4 is 0 Å². The van der Waals surface area contributed by atoms with Gasteiger partial charge in [0.05, 0.1) is 0 Å². The molecule has 2 saturated carbocycles. The molecular weight excluding hydrogens is 196 g/mol. The van der Waals surface area contributed by atoms with Crippen molar-refractivity contribution in [2.24, 2.45) is 23.2 Å². The van der Waals surface area contributed by atoms with Gasteiger partial charge in [-0.15, -0.1) is 0 Å². The Bertz CT molecular complexity index is 261. The minimum absolute atomic E-state index is 0.411. The third kappa shape index (κ3) is 2.06. The van der Waals surface area contributed by atoms with Crippen LogP contribution in [0, 0.1) is 23.2 Å². The third-order valence-electron chi connectivity index (χ3n) is 5.28. The lowest BCUT2D eigenvalue weighted by Crippen LogP contribution is -2.25. The molecule has 0 aromatic rings. The zero-order chi connectivity index (χ0) is 11.8. The fourth-order valence-electron chi connectivity index (χ4n) is 3.76. The van der Waals surface area contributed by atoms with Crippen LogP contribution in [-0.4, -0.2) is 5.78 Å². The van der Waals surface area contributed by atoms with Crippen LogP contribution in [0.4, 0.5) is 0 Å². The summed E-state index contributed by atoms with van der Waals surface area (Å²) in [5.41, 5.74) is 0.414. The van der Waals surface area contributed by atoms with Gasteiger partial charge in [-0.1, -0.05) is 33.6 Å². The van der Waals surface area contributed by atoms with E-state index < -0.39 is 0 Å². The van der Waals surface area contributed by atoms with E-state index in [0.29, 0.717) is 23.0 Å². The topological polar surface area (TPSA) is 17.1 Å². The summed E-state index contributed by atoms with van der Waals surface area (Å²) in [5.74, 6) is 2.24. The lowest BCUT2D eigenvalue weighted by atomic mass is 9.78. The van der Waals surface area contributed by atoms with Gasteiger partial charge in [0.15, 0.2) is 0 Å². The van der Waals surface area contributed by atoms with Gasteiger partial charge in [-0.25, -0.2) is 0 Å². The van der Waals surface area contributed by atoms with Gasteiger partial charge >= 0.3 is 0 Å². The summed E-state index contributed by atoms with van der Waals surface area (Å²) in [4.78, 5) is 12.4. The summed E-state index contributed by atoms with van der Waals surface area (Å²) >= 11 is 0. The van der Waals surface area contributed by atoms with Crippen LogP contribution in [0.25, 0.3) is 0 Å². The Morgan fingerprint density at radius 2 is 1.94 bits per heavy atom. The van der Waals surface area contributed by atoms with E-state index >= 15 is 0 Å². The van der Waals surface area contributed by atoms with Crippen LogP contribution in [0.3, 0.4) is 0 Å². The van der Waals surface area contributed by atoms with E-state index in [1.165, 1.54) is 44.9 Å². The summed E-state index contributed by atoms with van der Waals surface area (Å²) in [7, 11) is 0. The molecule has 0 N–H and O–H groups in total. The summed E-state index contributed by atoms with van der Waals surface area (Å²) in [6.45, 7) is 6.81. The highest BCUT2D eigenvalue weighted by Crippen LogP contribution is 2.59. The molecular formula is C15H26O. The molecule has 2 aliphatic rings. The zero-order valence-electron chi connectivity index (χ0n) is 11.1. The van der Waals surface area contributed by atoms with Crippen LogP contribution >= 0.6 is 0 Å². The molecule has 3 unspecified atom stereocenters. The predicted octanol–water partition coefficient (Wildman–Crippen LogP) is 4.21. The molecule has 0 aliphatic heterocycles. The van der Waals surface area contributed by atoms with Crippen molar-refractivity contribution in [1.29, 1.82) is 0 Å². The zero-order valence-corrected chi connectivity index (χ0v) is 11.1. The van der Waals surface area contributed by atoms with Crippen LogP contribution in [-0.2, 0) is 4.79 Å². The molecule has 0 saturated heterocycles. The Balaban J connectivity index is 1.94. The van der Waals surface area contributed by atoms with Crippen molar-refractivity contribution in [3.05, 3.63) is 0 Å². The van der Waals surface area contributed by atoms with Crippen LogP contribution in [0.5, 0.6) is 0 Å². The first-order chi connectivity index (χ1) is 7.63. The maximum absolute atomic E-state index is 12.4. The molecule has 1 heteroatoms. The fourth-order valence-corrected chi connectivity index (χ4v) is 3.76. The lowest BCUT2D eigenvalue weighted by Gasteiger charge is -2.26. The van der Waals surface area contributed by atoms with Gasteiger partial charge < -0.3 is 0 Å². The van der Waals surface area contributed by atoms with Crippen molar-refractivity contribution < 1.29 is 4.79 Å². The Morgan fingerprint density at radius 1 is 1.25 bits per heavy atom. The third-order valence-corrected chi connectivity index (χ3v) is 5.28. The van der Waals surface area contributed by atoms with Crippen molar-refractivity contribution in [3.63, 3.8) is 0 Å². The van der Waals surface area contributed by atoms with Crippen LogP contribution in [0.1, 0.15) is 65.7 Å². The van der Waals surface area contributed by atoms with Gasteiger partial charge in [0.25, 0.3) is 0 Å². The van der Waals surface area contributed by atoms with Crippen molar-refractivity contribution in [1.82, 2.24) is 0 Å². The minimum atomic E-state index is 0.411. The normalized spacial score (nSPS) is 37.1. The van der Waals surface area contributed by atoms with E-state index in [-0.39, 0.29) is 0 Å². The standard InChI is InChI=1S/C15H26O/c1-4-15(5-2)10-13(15)14(16)12-8-6-7-11(3)9-12/h11-13H,4-10H2,1-3H3. The number of hydrogen-bond donors (Lipinski definition) is 0. The number of rotatable bonds is 4. The number of ketones is 1. The molecule has 3 atom stereocenters. The van der Waals surface area contributed by atoms with E-state index in [2.05, 4.69) is 20.8 Å². The van der Waals surface area contributed by atoms with Crippen molar-refractivity contribution >= 4 is 5.78 Å². The lowest BCUT2D eigenvalue weighted by molar-refractivity contribution is -0.126. The van der Waals surface area contributed by atoms with Gasteiger partial charge in [0, 0.05) is 11.8 Å². The summed E-state index contributed by atoms with van der Waals surface area (Å²) < 4.78 is 0. The van der Waals surface area contributed by atoms with Crippen molar-refractivity contribution in [3.8, 4) is 0 Å². The fraction of sp³-hybridized carbons (Fsp3) is 0.933. The average Bonchev–Trinajstić information content (AvgIpc) is 3.03. The molecule has 1 nitrogen and oxygen atoms in total. The molecule has 2 fully saturated rings. The monoisotopic (exact) mass is 222 g/mol. The van der Waals surface area contributed by atoms with Crippen molar-refractivity contribution in [2.75, 3.05) is 0 Å². The van der Waals surface area contributed by atoms with E-state index in [9.17, 15) is 4.79 Å². The molecule has 0 amide bonds. The van der Waals surface area contributed by atoms with Crippen LogP contribution in [0.2, 0.25) is 0 Å². The molecule has 0 aromatic heterocycles. The average molecular weight is 222 g/mol. The highest BCUT2D eigenvalue weighted by molar-refractivity contribution is 5.87. The number of carbonyl (C=O) groups excluding carboxylic acids is 1. The van der Waals surface area contributed by atoms with Crippen LogP contribution in [0.15, 0.2) is 0 Å². The SMILES string of the molecule is CCC1(CC)CC1C(=O)C1CCCC(C)C1. The second kappa shape index (κ2) is 4.50. The molecule has 2 aliphatic carbocycles. The van der Waals surface area contributed by atoms with E-state index in [1.807, 2.05) is 0 Å². The predicted molar refractivity (Wildman–Crippen MR) is 67.3 cm³/mol. The van der Waals surface area contributed by atoms with Gasteiger partial charge in [-0.2, -0.15) is 0 Å². The molecule has 0 heterocycles. The second-order valence-corrected chi connectivity index (χ2v) is 6.20. The van der Waals surface area contributed by atoms with E-state index in [4.69, 9.17) is 0 Å². The Morgan fingerprint density at radius 3 is 2.44 bits per heavy atom. The molecule has 0 aromatic carbocycles. The molecule has 2 rings (SSSR count). The number of Topliss-reactive ketones (excluding diaryl/α,β-unsaturated/α-hetero) is 1. The Kier molecular flexibility index (Phi) is 3.42. The number of hydrogen-bond acceptors (Lipinski definition) is 1. The first-order valence-electron chi connectivity index (χ1n) is 7.16.